The van der Waals surface area contributed by atoms with E-state index in [9.17, 15) is 18.4 Å². The molecule has 8 heteroatoms. The molecule has 0 aromatic heterocycles. The second kappa shape index (κ2) is 5.61. The average Bonchev–Trinajstić information content (AvgIpc) is 2.76. The normalized spacial score (nSPS) is 22.3. The van der Waals surface area contributed by atoms with Gasteiger partial charge < -0.3 is 19.1 Å². The molecule has 1 aromatic carbocycles. The summed E-state index contributed by atoms with van der Waals surface area (Å²) < 4.78 is 40.1. The Morgan fingerprint density at radius 1 is 1.29 bits per heavy atom. The van der Waals surface area contributed by atoms with Crippen LogP contribution in [0.25, 0.3) is 0 Å². The molecule has 3 rings (SSSR count). The number of carbonyl (C=O) groups is 2. The molecule has 6 nitrogen and oxygen atoms in total. The largest absolute Gasteiger partial charge is 0.586 e. The van der Waals surface area contributed by atoms with Gasteiger partial charge in [0.1, 0.15) is 6.04 Å². The quantitative estimate of drug-likeness (QED) is 0.622. The third-order valence-corrected chi connectivity index (χ3v) is 3.94. The van der Waals surface area contributed by atoms with Gasteiger partial charge in [0.05, 0.1) is 18.6 Å². The molecule has 1 amide bonds. The zero-order valence-corrected chi connectivity index (χ0v) is 13.4. The predicted molar refractivity (Wildman–Crippen MR) is 77.5 cm³/mol. The van der Waals surface area contributed by atoms with E-state index in [1.54, 1.807) is 26.8 Å². The van der Waals surface area contributed by atoms with Crippen molar-refractivity contribution in [2.75, 3.05) is 0 Å². The number of ether oxygens (including phenoxy) is 3. The van der Waals surface area contributed by atoms with Crippen LogP contribution in [0.1, 0.15) is 38.8 Å². The molecule has 0 N–H and O–H groups in total. The molecule has 0 radical (unpaired) electrons. The van der Waals surface area contributed by atoms with E-state index in [1.165, 1.54) is 17.0 Å². The van der Waals surface area contributed by atoms with Crippen LogP contribution in [0.2, 0.25) is 0 Å². The van der Waals surface area contributed by atoms with E-state index in [-0.39, 0.29) is 29.9 Å². The summed E-state index contributed by atoms with van der Waals surface area (Å²) in [6.45, 7) is 5.16. The van der Waals surface area contributed by atoms with E-state index in [0.717, 1.165) is 0 Å². The van der Waals surface area contributed by atoms with Gasteiger partial charge in [0, 0.05) is 0 Å². The van der Waals surface area contributed by atoms with E-state index >= 15 is 0 Å². The Labute approximate surface area is 137 Å². The number of hydrogen-bond acceptors (Lipinski definition) is 5. The SMILES string of the molecule is CC(C)OC(=O)C1CC(=O)N1C(C)c1ccc2c(c1)OC(F)(F)O2. The number of amides is 1. The number of hydrogen-bond donors (Lipinski definition) is 0. The van der Waals surface area contributed by atoms with Crippen LogP contribution in [0, 0.1) is 0 Å². The van der Waals surface area contributed by atoms with Gasteiger partial charge in [-0.15, -0.1) is 8.78 Å². The number of alkyl halides is 2. The molecule has 130 valence electrons. The molecule has 2 aliphatic heterocycles. The fraction of sp³-hybridized carbons (Fsp3) is 0.500. The third-order valence-electron chi connectivity index (χ3n) is 3.94. The molecule has 2 heterocycles. The highest BCUT2D eigenvalue weighted by atomic mass is 19.3. The Bertz CT molecular complexity index is 691. The standard InChI is InChI=1S/C16H17F2NO5/c1-8(2)22-15(21)11-7-14(20)19(11)9(3)10-4-5-12-13(6-10)24-16(17,18)23-12/h4-6,8-9,11H,7H2,1-3H3. The summed E-state index contributed by atoms with van der Waals surface area (Å²) >= 11 is 0. The number of benzene rings is 1. The van der Waals surface area contributed by atoms with Crippen LogP contribution >= 0.6 is 0 Å². The van der Waals surface area contributed by atoms with Crippen molar-refractivity contribution in [1.82, 2.24) is 4.90 Å². The Balaban J connectivity index is 1.78. The van der Waals surface area contributed by atoms with Crippen molar-refractivity contribution >= 4 is 11.9 Å². The first-order valence-electron chi connectivity index (χ1n) is 7.59. The molecular formula is C16H17F2NO5. The smallest absolute Gasteiger partial charge is 0.461 e. The average molecular weight is 341 g/mol. The first-order valence-corrected chi connectivity index (χ1v) is 7.59. The van der Waals surface area contributed by atoms with Crippen molar-refractivity contribution in [3.8, 4) is 11.5 Å². The van der Waals surface area contributed by atoms with Gasteiger partial charge >= 0.3 is 12.3 Å². The maximum Gasteiger partial charge on any atom is 0.586 e. The molecule has 24 heavy (non-hydrogen) atoms. The van der Waals surface area contributed by atoms with E-state index < -0.39 is 24.3 Å². The maximum absolute atomic E-state index is 13.1. The van der Waals surface area contributed by atoms with Crippen LogP contribution in [-0.2, 0) is 14.3 Å². The van der Waals surface area contributed by atoms with E-state index in [4.69, 9.17) is 4.74 Å². The van der Waals surface area contributed by atoms with Gasteiger partial charge in [-0.25, -0.2) is 4.79 Å². The lowest BCUT2D eigenvalue weighted by Gasteiger charge is -2.43. The highest BCUT2D eigenvalue weighted by molar-refractivity contribution is 5.95. The minimum absolute atomic E-state index is 0.0679. The van der Waals surface area contributed by atoms with Crippen LogP contribution < -0.4 is 9.47 Å². The van der Waals surface area contributed by atoms with Gasteiger partial charge in [-0.2, -0.15) is 0 Å². The van der Waals surface area contributed by atoms with Crippen LogP contribution in [0.5, 0.6) is 11.5 Å². The molecule has 0 aliphatic carbocycles. The summed E-state index contributed by atoms with van der Waals surface area (Å²) in [6, 6.07) is 3.15. The number of fused-ring (bicyclic) bond motifs is 1. The molecule has 0 saturated carbocycles. The molecule has 1 saturated heterocycles. The summed E-state index contributed by atoms with van der Waals surface area (Å²) in [7, 11) is 0. The number of nitrogens with zero attached hydrogens (tertiary/aromatic N) is 1. The lowest BCUT2D eigenvalue weighted by Crippen LogP contribution is -2.58. The minimum atomic E-state index is -3.69. The predicted octanol–water partition coefficient (Wildman–Crippen LogP) is 2.62. The van der Waals surface area contributed by atoms with Crippen LogP contribution in [0.15, 0.2) is 18.2 Å². The molecule has 1 fully saturated rings. The lowest BCUT2D eigenvalue weighted by molar-refractivity contribution is -0.286. The van der Waals surface area contributed by atoms with Crippen LogP contribution in [0.3, 0.4) is 0 Å². The van der Waals surface area contributed by atoms with E-state index in [0.29, 0.717) is 5.56 Å². The van der Waals surface area contributed by atoms with Crippen molar-refractivity contribution in [1.29, 1.82) is 0 Å². The van der Waals surface area contributed by atoms with Crippen molar-refractivity contribution in [2.24, 2.45) is 0 Å². The molecule has 0 bridgehead atoms. The topological polar surface area (TPSA) is 65.1 Å². The van der Waals surface area contributed by atoms with Gasteiger partial charge in [-0.05, 0) is 38.5 Å². The Hall–Kier alpha value is -2.38. The van der Waals surface area contributed by atoms with Gasteiger partial charge in [0.25, 0.3) is 0 Å². The molecule has 2 aliphatic rings. The van der Waals surface area contributed by atoms with Gasteiger partial charge in [-0.1, -0.05) is 6.07 Å². The van der Waals surface area contributed by atoms with E-state index in [2.05, 4.69) is 9.47 Å². The molecule has 1 aromatic rings. The van der Waals surface area contributed by atoms with Crippen LogP contribution in [0.4, 0.5) is 8.78 Å². The second-order valence-corrected chi connectivity index (χ2v) is 6.06. The summed E-state index contributed by atoms with van der Waals surface area (Å²) in [5.41, 5.74) is 0.561. The highest BCUT2D eigenvalue weighted by Gasteiger charge is 2.47. The zero-order valence-electron chi connectivity index (χ0n) is 13.4. The minimum Gasteiger partial charge on any atom is -0.461 e. The van der Waals surface area contributed by atoms with Gasteiger partial charge in [0.2, 0.25) is 5.91 Å². The number of halogens is 2. The number of likely N-dealkylation sites (tertiary alicyclic amines) is 1. The molecule has 2 atom stereocenters. The first-order chi connectivity index (χ1) is 11.2. The molecule has 0 spiro atoms. The fourth-order valence-corrected chi connectivity index (χ4v) is 2.81. The van der Waals surface area contributed by atoms with Crippen molar-refractivity contribution in [2.45, 2.75) is 51.7 Å². The Morgan fingerprint density at radius 3 is 2.58 bits per heavy atom. The summed E-state index contributed by atoms with van der Waals surface area (Å²) in [5, 5.41) is 0. The maximum atomic E-state index is 13.1. The van der Waals surface area contributed by atoms with Gasteiger partial charge in [-0.3, -0.25) is 4.79 Å². The highest BCUT2D eigenvalue weighted by Crippen LogP contribution is 2.43. The lowest BCUT2D eigenvalue weighted by atomic mass is 9.95. The number of carbonyl (C=O) groups excluding carboxylic acids is 2. The fourth-order valence-electron chi connectivity index (χ4n) is 2.81. The summed E-state index contributed by atoms with van der Waals surface area (Å²) in [6.07, 6.45) is -3.89. The Morgan fingerprint density at radius 2 is 1.96 bits per heavy atom. The Kier molecular flexibility index (Phi) is 3.85. The number of rotatable bonds is 4. The summed E-state index contributed by atoms with van der Waals surface area (Å²) in [4.78, 5) is 25.4. The van der Waals surface area contributed by atoms with Crippen molar-refractivity contribution in [3.05, 3.63) is 23.8 Å². The summed E-state index contributed by atoms with van der Waals surface area (Å²) in [5.74, 6) is -0.833. The number of esters is 1. The third kappa shape index (κ3) is 2.88. The number of β-lactam (4-membered cyclic amide) rings is 1. The molecular weight excluding hydrogens is 324 g/mol. The second-order valence-electron chi connectivity index (χ2n) is 6.06. The first kappa shape index (κ1) is 16.5. The van der Waals surface area contributed by atoms with E-state index in [1.807, 2.05) is 0 Å². The van der Waals surface area contributed by atoms with Crippen molar-refractivity contribution in [3.63, 3.8) is 0 Å². The van der Waals surface area contributed by atoms with Gasteiger partial charge in [0.15, 0.2) is 11.5 Å². The monoisotopic (exact) mass is 341 g/mol. The zero-order chi connectivity index (χ0) is 17.6. The van der Waals surface area contributed by atoms with Crippen LogP contribution in [-0.4, -0.2) is 35.2 Å². The van der Waals surface area contributed by atoms with Crippen molar-refractivity contribution < 1.29 is 32.6 Å². The molecule has 2 unspecified atom stereocenters.